The molecule has 3 amide bonds. The number of imide groups is 1. The molecule has 1 saturated heterocycles. The Labute approximate surface area is 181 Å². The van der Waals surface area contributed by atoms with Crippen LogP contribution in [-0.2, 0) is 11.3 Å². The van der Waals surface area contributed by atoms with Gasteiger partial charge >= 0.3 is 6.03 Å². The Balaban J connectivity index is 1.63. The van der Waals surface area contributed by atoms with Crippen LogP contribution in [0.2, 0.25) is 0 Å². The highest BCUT2D eigenvalue weighted by atomic mass is 79.9. The molecule has 0 bridgehead atoms. The summed E-state index contributed by atoms with van der Waals surface area (Å²) in [7, 11) is 1.68. The maximum absolute atomic E-state index is 12.9. The van der Waals surface area contributed by atoms with Crippen molar-refractivity contribution in [3.63, 3.8) is 0 Å². The van der Waals surface area contributed by atoms with E-state index in [1.54, 1.807) is 7.05 Å². The van der Waals surface area contributed by atoms with Crippen LogP contribution >= 0.6 is 15.9 Å². The van der Waals surface area contributed by atoms with Gasteiger partial charge in [0.15, 0.2) is 11.9 Å². The number of benzene rings is 2. The first kappa shape index (κ1) is 18.8. The monoisotopic (exact) mass is 466 g/mol. The minimum atomic E-state index is -0.589. The van der Waals surface area contributed by atoms with Crippen LogP contribution < -0.4 is 10.2 Å². The Bertz CT molecular complexity index is 1140. The van der Waals surface area contributed by atoms with Crippen molar-refractivity contribution < 1.29 is 9.59 Å². The molecular formula is C21H19BrN6O2. The third kappa shape index (κ3) is 2.88. The summed E-state index contributed by atoms with van der Waals surface area (Å²) in [5.41, 5.74) is 3.08. The van der Waals surface area contributed by atoms with E-state index in [2.05, 4.69) is 31.4 Å². The van der Waals surface area contributed by atoms with Crippen LogP contribution in [-0.4, -0.2) is 44.7 Å². The van der Waals surface area contributed by atoms with E-state index in [0.29, 0.717) is 18.3 Å². The van der Waals surface area contributed by atoms with Gasteiger partial charge in [-0.05, 0) is 24.6 Å². The number of aryl methyl sites for hydroxylation is 1. The smallest absolute Gasteiger partial charge is 0.321 e. The average molecular weight is 467 g/mol. The van der Waals surface area contributed by atoms with Gasteiger partial charge in [-0.25, -0.2) is 4.79 Å². The first-order valence-corrected chi connectivity index (χ1v) is 10.3. The van der Waals surface area contributed by atoms with Gasteiger partial charge in [0.2, 0.25) is 5.95 Å². The lowest BCUT2D eigenvalue weighted by molar-refractivity contribution is -0.124. The van der Waals surface area contributed by atoms with Crippen LogP contribution in [0.5, 0.6) is 0 Å². The minimum Gasteiger partial charge on any atom is -0.321 e. The number of halogens is 1. The molecule has 3 heterocycles. The second-order valence-corrected chi connectivity index (χ2v) is 8.49. The summed E-state index contributed by atoms with van der Waals surface area (Å²) in [4.78, 5) is 28.7. The van der Waals surface area contributed by atoms with E-state index >= 15 is 0 Å². The first-order chi connectivity index (χ1) is 14.4. The average Bonchev–Trinajstić information content (AvgIpc) is 3.28. The molecule has 0 spiro atoms. The van der Waals surface area contributed by atoms with Crippen molar-refractivity contribution in [2.75, 3.05) is 11.9 Å². The lowest BCUT2D eigenvalue weighted by atomic mass is 10.1. The molecule has 0 saturated carbocycles. The second kappa shape index (κ2) is 6.94. The summed E-state index contributed by atoms with van der Waals surface area (Å²) in [5, 5.41) is 11.3. The highest BCUT2D eigenvalue weighted by Crippen LogP contribution is 2.41. The molecular weight excluding hydrogens is 448 g/mol. The standard InChI is InChI=1S/C21H19BrN6O2/c1-12-3-5-13(6-4-12)11-27-16-18(29)23-21(30)26(2)19(16)28-17(24-25-20(27)28)14-7-9-15(22)10-8-14/h3-10,16,19H,11H2,1-2H3,(H,23,29,30). The fourth-order valence-electron chi connectivity index (χ4n) is 4.05. The fourth-order valence-corrected chi connectivity index (χ4v) is 4.32. The Hall–Kier alpha value is -3.20. The number of fused-ring (bicyclic) bond motifs is 3. The molecule has 0 radical (unpaired) electrons. The summed E-state index contributed by atoms with van der Waals surface area (Å²) in [6.45, 7) is 2.52. The van der Waals surface area contributed by atoms with Gasteiger partial charge in [-0.2, -0.15) is 0 Å². The van der Waals surface area contributed by atoms with Gasteiger partial charge in [0.05, 0.1) is 0 Å². The van der Waals surface area contributed by atoms with Gasteiger partial charge in [-0.1, -0.05) is 57.9 Å². The maximum atomic E-state index is 12.9. The number of carbonyl (C=O) groups is 2. The molecule has 2 aliphatic heterocycles. The number of urea groups is 1. The van der Waals surface area contributed by atoms with Gasteiger partial charge in [0, 0.05) is 23.6 Å². The molecule has 1 aromatic heterocycles. The highest BCUT2D eigenvalue weighted by molar-refractivity contribution is 9.10. The second-order valence-electron chi connectivity index (χ2n) is 7.58. The summed E-state index contributed by atoms with van der Waals surface area (Å²) in [5.74, 6) is 0.857. The lowest BCUT2D eigenvalue weighted by Gasteiger charge is -2.37. The van der Waals surface area contributed by atoms with E-state index in [0.717, 1.165) is 15.6 Å². The highest BCUT2D eigenvalue weighted by Gasteiger charge is 2.52. The minimum absolute atomic E-state index is 0.331. The van der Waals surface area contributed by atoms with Crippen molar-refractivity contribution >= 4 is 33.8 Å². The first-order valence-electron chi connectivity index (χ1n) is 9.55. The number of nitrogens with zero attached hydrogens (tertiary/aromatic N) is 5. The lowest BCUT2D eigenvalue weighted by Crippen LogP contribution is -2.61. The van der Waals surface area contributed by atoms with Crippen molar-refractivity contribution in [1.82, 2.24) is 25.0 Å². The molecule has 8 nitrogen and oxygen atoms in total. The number of hydrogen-bond donors (Lipinski definition) is 1. The number of nitrogens with one attached hydrogen (secondary N) is 1. The Kier molecular flexibility index (Phi) is 4.35. The van der Waals surface area contributed by atoms with Crippen LogP contribution in [0.4, 0.5) is 10.7 Å². The Morgan fingerprint density at radius 2 is 1.73 bits per heavy atom. The van der Waals surface area contributed by atoms with Crippen LogP contribution in [0.3, 0.4) is 0 Å². The SMILES string of the molecule is Cc1ccc(CN2c3nnc(-c4ccc(Br)cc4)n3C3C2C(=O)NC(=O)N3C)cc1. The van der Waals surface area contributed by atoms with E-state index in [1.165, 1.54) is 10.5 Å². The molecule has 2 atom stereocenters. The molecule has 30 heavy (non-hydrogen) atoms. The molecule has 2 unspecified atom stereocenters. The number of rotatable bonds is 3. The Morgan fingerprint density at radius 3 is 2.43 bits per heavy atom. The van der Waals surface area contributed by atoms with E-state index < -0.39 is 18.2 Å². The zero-order valence-corrected chi connectivity index (χ0v) is 18.0. The van der Waals surface area contributed by atoms with Gasteiger partial charge in [0.1, 0.15) is 6.17 Å². The van der Waals surface area contributed by atoms with E-state index in [1.807, 2.05) is 64.9 Å². The van der Waals surface area contributed by atoms with Crippen LogP contribution in [0.1, 0.15) is 17.3 Å². The predicted octanol–water partition coefficient (Wildman–Crippen LogP) is 3.09. The quantitative estimate of drug-likeness (QED) is 0.640. The van der Waals surface area contributed by atoms with Crippen molar-refractivity contribution in [2.45, 2.75) is 25.7 Å². The zero-order valence-electron chi connectivity index (χ0n) is 16.4. The summed E-state index contributed by atoms with van der Waals surface area (Å²) < 4.78 is 2.84. The number of anilines is 1. The van der Waals surface area contributed by atoms with Crippen LogP contribution in [0, 0.1) is 6.92 Å². The zero-order chi connectivity index (χ0) is 21.0. The number of aromatic nitrogens is 3. The Morgan fingerprint density at radius 1 is 1.03 bits per heavy atom. The van der Waals surface area contributed by atoms with Crippen LogP contribution in [0.25, 0.3) is 11.4 Å². The molecule has 5 rings (SSSR count). The summed E-state index contributed by atoms with van der Waals surface area (Å²) in [6, 6.07) is 14.9. The maximum Gasteiger partial charge on any atom is 0.325 e. The third-order valence-corrected chi connectivity index (χ3v) is 6.14. The molecule has 9 heteroatoms. The van der Waals surface area contributed by atoms with Crippen molar-refractivity contribution in [3.8, 4) is 11.4 Å². The van der Waals surface area contributed by atoms with Gasteiger partial charge in [-0.3, -0.25) is 14.7 Å². The van der Waals surface area contributed by atoms with Crippen molar-refractivity contribution in [1.29, 1.82) is 0 Å². The molecule has 2 aliphatic rings. The molecule has 3 aromatic rings. The van der Waals surface area contributed by atoms with Gasteiger partial charge in [0.25, 0.3) is 5.91 Å². The number of amides is 3. The fraction of sp³-hybridized carbons (Fsp3) is 0.238. The number of carbonyl (C=O) groups excluding carboxylic acids is 2. The summed E-state index contributed by atoms with van der Waals surface area (Å²) in [6.07, 6.45) is -0.527. The number of likely N-dealkylation sites (N-methyl/N-ethyl adjacent to an activating group) is 1. The molecule has 152 valence electrons. The molecule has 0 aliphatic carbocycles. The van der Waals surface area contributed by atoms with E-state index in [4.69, 9.17) is 0 Å². The molecule has 1 N–H and O–H groups in total. The topological polar surface area (TPSA) is 83.4 Å². The predicted molar refractivity (Wildman–Crippen MR) is 115 cm³/mol. The van der Waals surface area contributed by atoms with E-state index in [9.17, 15) is 9.59 Å². The van der Waals surface area contributed by atoms with Gasteiger partial charge in [-0.15, -0.1) is 10.2 Å². The third-order valence-electron chi connectivity index (χ3n) is 5.61. The normalized spacial score (nSPS) is 20.2. The largest absolute Gasteiger partial charge is 0.325 e. The summed E-state index contributed by atoms with van der Waals surface area (Å²) >= 11 is 3.45. The van der Waals surface area contributed by atoms with Crippen molar-refractivity contribution in [2.24, 2.45) is 0 Å². The van der Waals surface area contributed by atoms with Crippen molar-refractivity contribution in [3.05, 3.63) is 64.1 Å². The van der Waals surface area contributed by atoms with E-state index in [-0.39, 0.29) is 5.91 Å². The molecule has 2 aromatic carbocycles. The molecule has 1 fully saturated rings. The van der Waals surface area contributed by atoms with Gasteiger partial charge < -0.3 is 9.80 Å². The van der Waals surface area contributed by atoms with Crippen LogP contribution in [0.15, 0.2) is 53.0 Å². The number of hydrogen-bond acceptors (Lipinski definition) is 5.